The third-order valence-electron chi connectivity index (χ3n) is 7.20. The fraction of sp³-hybridized carbons (Fsp3) is 0.516. The highest BCUT2D eigenvalue weighted by Crippen LogP contribution is 2.38. The minimum Gasteiger partial charge on any atom is -0.454 e. The summed E-state index contributed by atoms with van der Waals surface area (Å²) < 4.78 is 30.0. The lowest BCUT2D eigenvalue weighted by molar-refractivity contribution is -0.158. The SMILES string of the molecule is C=CC[C@H](C(=O)N1CCC[C@H]1COCc1ccccc1)N(Cc1cc2c(cc1Br)OCO2)CC(OCC)OCC. The summed E-state index contributed by atoms with van der Waals surface area (Å²) in [6, 6.07) is 13.6. The van der Waals surface area contributed by atoms with Crippen molar-refractivity contribution in [1.82, 2.24) is 9.80 Å². The van der Waals surface area contributed by atoms with Crippen LogP contribution < -0.4 is 9.47 Å². The molecule has 2 aliphatic heterocycles. The van der Waals surface area contributed by atoms with E-state index in [4.69, 9.17) is 23.7 Å². The molecule has 1 amide bonds. The number of nitrogens with zero attached hydrogens (tertiary/aromatic N) is 2. The highest BCUT2D eigenvalue weighted by molar-refractivity contribution is 9.10. The van der Waals surface area contributed by atoms with Crippen molar-refractivity contribution in [3.05, 3.63) is 70.7 Å². The molecule has 40 heavy (non-hydrogen) atoms. The fourth-order valence-electron chi connectivity index (χ4n) is 5.26. The van der Waals surface area contributed by atoms with Gasteiger partial charge in [0.2, 0.25) is 12.7 Å². The van der Waals surface area contributed by atoms with Crippen molar-refractivity contribution in [2.24, 2.45) is 0 Å². The predicted molar refractivity (Wildman–Crippen MR) is 157 cm³/mol. The largest absolute Gasteiger partial charge is 0.454 e. The van der Waals surface area contributed by atoms with Gasteiger partial charge in [-0.25, -0.2) is 0 Å². The molecule has 2 heterocycles. The molecule has 2 aliphatic rings. The van der Waals surface area contributed by atoms with Gasteiger partial charge < -0.3 is 28.6 Å². The topological polar surface area (TPSA) is 69.7 Å². The number of rotatable bonds is 16. The molecule has 2 aromatic rings. The molecule has 2 atom stereocenters. The second-order valence-electron chi connectivity index (χ2n) is 9.94. The van der Waals surface area contributed by atoms with E-state index in [1.54, 1.807) is 0 Å². The Labute approximate surface area is 246 Å². The first-order chi connectivity index (χ1) is 19.5. The molecule has 0 unspecified atom stereocenters. The summed E-state index contributed by atoms with van der Waals surface area (Å²) in [7, 11) is 0. The third-order valence-corrected chi connectivity index (χ3v) is 7.94. The van der Waals surface area contributed by atoms with E-state index in [9.17, 15) is 4.79 Å². The Kier molecular flexibility index (Phi) is 11.9. The molecule has 9 heteroatoms. The van der Waals surface area contributed by atoms with Gasteiger partial charge in [0.15, 0.2) is 17.8 Å². The first kappa shape index (κ1) is 30.5. The van der Waals surface area contributed by atoms with Gasteiger partial charge in [-0.15, -0.1) is 6.58 Å². The number of hydrogen-bond donors (Lipinski definition) is 0. The highest BCUT2D eigenvalue weighted by atomic mass is 79.9. The lowest BCUT2D eigenvalue weighted by Crippen LogP contribution is -2.52. The minimum atomic E-state index is -0.466. The van der Waals surface area contributed by atoms with E-state index in [0.29, 0.717) is 64.0 Å². The van der Waals surface area contributed by atoms with E-state index in [2.05, 4.69) is 39.5 Å². The van der Waals surface area contributed by atoms with Crippen molar-refractivity contribution in [1.29, 1.82) is 0 Å². The summed E-state index contributed by atoms with van der Waals surface area (Å²) in [6.07, 6.45) is 3.74. The maximum atomic E-state index is 14.2. The number of hydrogen-bond acceptors (Lipinski definition) is 7. The van der Waals surface area contributed by atoms with E-state index in [1.807, 2.05) is 55.2 Å². The van der Waals surface area contributed by atoms with Crippen LogP contribution in [0, 0.1) is 0 Å². The Morgan fingerprint density at radius 2 is 1.90 bits per heavy atom. The zero-order chi connectivity index (χ0) is 28.3. The van der Waals surface area contributed by atoms with Gasteiger partial charge in [-0.2, -0.15) is 0 Å². The van der Waals surface area contributed by atoms with Gasteiger partial charge in [0.05, 0.1) is 31.8 Å². The van der Waals surface area contributed by atoms with Crippen molar-refractivity contribution in [3.63, 3.8) is 0 Å². The van der Waals surface area contributed by atoms with Crippen LogP contribution in [0.2, 0.25) is 0 Å². The molecule has 0 bridgehead atoms. The maximum Gasteiger partial charge on any atom is 0.240 e. The Morgan fingerprint density at radius 3 is 2.60 bits per heavy atom. The molecule has 1 fully saturated rings. The maximum absolute atomic E-state index is 14.2. The van der Waals surface area contributed by atoms with E-state index >= 15 is 0 Å². The number of ether oxygens (including phenoxy) is 5. The van der Waals surface area contributed by atoms with Crippen LogP contribution in [0.25, 0.3) is 0 Å². The summed E-state index contributed by atoms with van der Waals surface area (Å²) in [5, 5.41) is 0. The zero-order valence-electron chi connectivity index (χ0n) is 23.6. The van der Waals surface area contributed by atoms with Gasteiger partial charge in [-0.05, 0) is 56.4 Å². The van der Waals surface area contributed by atoms with Crippen LogP contribution in [0.1, 0.15) is 44.2 Å². The molecule has 2 aromatic carbocycles. The van der Waals surface area contributed by atoms with Gasteiger partial charge in [0.1, 0.15) is 0 Å². The van der Waals surface area contributed by atoms with Crippen LogP contribution in [0.15, 0.2) is 59.6 Å². The molecule has 0 radical (unpaired) electrons. The van der Waals surface area contributed by atoms with Crippen molar-refractivity contribution in [2.45, 2.75) is 64.6 Å². The van der Waals surface area contributed by atoms with Crippen LogP contribution in [-0.2, 0) is 32.2 Å². The minimum absolute atomic E-state index is 0.0391. The van der Waals surface area contributed by atoms with Crippen LogP contribution >= 0.6 is 15.9 Å². The Morgan fingerprint density at radius 1 is 1.18 bits per heavy atom. The molecule has 0 saturated carbocycles. The highest BCUT2D eigenvalue weighted by Gasteiger charge is 2.37. The summed E-state index contributed by atoms with van der Waals surface area (Å²) in [5.74, 6) is 1.48. The summed E-state index contributed by atoms with van der Waals surface area (Å²) in [4.78, 5) is 18.4. The van der Waals surface area contributed by atoms with E-state index < -0.39 is 12.3 Å². The first-order valence-electron chi connectivity index (χ1n) is 14.1. The average molecular weight is 618 g/mol. The first-order valence-corrected chi connectivity index (χ1v) is 14.9. The second-order valence-corrected chi connectivity index (χ2v) is 10.8. The van der Waals surface area contributed by atoms with Crippen LogP contribution in [0.4, 0.5) is 0 Å². The number of amides is 1. The average Bonchev–Trinajstić information content (AvgIpc) is 3.61. The molecular formula is C31H41BrN2O6. The Balaban J connectivity index is 1.53. The fourth-order valence-corrected chi connectivity index (χ4v) is 5.71. The number of benzene rings is 2. The second kappa shape index (κ2) is 15.5. The Hall–Kier alpha value is -2.43. The van der Waals surface area contributed by atoms with Gasteiger partial charge in [0, 0.05) is 30.8 Å². The number of fused-ring (bicyclic) bond motifs is 1. The molecular weight excluding hydrogens is 576 g/mol. The lowest BCUT2D eigenvalue weighted by atomic mass is 10.1. The van der Waals surface area contributed by atoms with E-state index in [-0.39, 0.29) is 18.7 Å². The Bertz CT molecular complexity index is 1090. The monoisotopic (exact) mass is 616 g/mol. The summed E-state index contributed by atoms with van der Waals surface area (Å²) in [5.41, 5.74) is 2.11. The van der Waals surface area contributed by atoms with Crippen LogP contribution in [0.3, 0.4) is 0 Å². The van der Waals surface area contributed by atoms with Crippen molar-refractivity contribution in [3.8, 4) is 11.5 Å². The van der Waals surface area contributed by atoms with Crippen LogP contribution in [0.5, 0.6) is 11.5 Å². The summed E-state index contributed by atoms with van der Waals surface area (Å²) >= 11 is 3.70. The summed E-state index contributed by atoms with van der Waals surface area (Å²) in [6.45, 7) is 11.8. The lowest BCUT2D eigenvalue weighted by Gasteiger charge is -2.37. The molecule has 0 spiro atoms. The van der Waals surface area contributed by atoms with Crippen molar-refractivity contribution < 1.29 is 28.5 Å². The molecule has 8 nitrogen and oxygen atoms in total. The normalized spacial score (nSPS) is 17.1. The van der Waals surface area contributed by atoms with Crippen molar-refractivity contribution in [2.75, 3.05) is 39.7 Å². The quantitative estimate of drug-likeness (QED) is 0.181. The molecule has 4 rings (SSSR count). The van der Waals surface area contributed by atoms with Gasteiger partial charge in [0.25, 0.3) is 0 Å². The third kappa shape index (κ3) is 8.07. The zero-order valence-corrected chi connectivity index (χ0v) is 25.1. The molecule has 0 aliphatic carbocycles. The van der Waals surface area contributed by atoms with E-state index in [0.717, 1.165) is 28.4 Å². The van der Waals surface area contributed by atoms with E-state index in [1.165, 1.54) is 0 Å². The number of carbonyl (C=O) groups is 1. The molecule has 218 valence electrons. The van der Waals surface area contributed by atoms with Gasteiger partial charge >= 0.3 is 0 Å². The predicted octanol–water partition coefficient (Wildman–Crippen LogP) is 5.53. The van der Waals surface area contributed by atoms with Gasteiger partial charge in [-0.3, -0.25) is 9.69 Å². The van der Waals surface area contributed by atoms with Crippen molar-refractivity contribution >= 4 is 21.8 Å². The number of likely N-dealkylation sites (tertiary alicyclic amines) is 1. The number of carbonyl (C=O) groups excluding carboxylic acids is 1. The molecule has 0 aromatic heterocycles. The standard InChI is InChI=1S/C31H41BrN2O6/c1-4-11-27(31(35)34-15-10-14-25(34)21-36-20-23-12-8-7-9-13-23)33(19-30(37-5-2)38-6-3)18-24-16-28-29(17-26(24)32)40-22-39-28/h4,7-9,12-13,16-17,25,27,30H,1,5-6,10-11,14-15,18-22H2,2-3H3/t25-,27+/m0/s1. The smallest absolute Gasteiger partial charge is 0.240 e. The van der Waals surface area contributed by atoms with Crippen LogP contribution in [-0.4, -0.2) is 73.8 Å². The van der Waals surface area contributed by atoms with Gasteiger partial charge in [-0.1, -0.05) is 52.3 Å². The molecule has 1 saturated heterocycles. The number of halogens is 1. The molecule has 0 N–H and O–H groups in total.